The van der Waals surface area contributed by atoms with Gasteiger partial charge in [-0.2, -0.15) is 0 Å². The summed E-state index contributed by atoms with van der Waals surface area (Å²) < 4.78 is 0. The minimum atomic E-state index is 2.81. The maximum absolute atomic E-state index is 6.25. The summed E-state index contributed by atoms with van der Waals surface area (Å²) in [6.45, 7) is 57.0. The number of hydrogen-bond donors (Lipinski definition) is 0. The molecular formula is C12Cu2Fe2N12-12. The van der Waals surface area contributed by atoms with Crippen molar-refractivity contribution < 1.29 is 54.6 Å². The van der Waals surface area contributed by atoms with Crippen LogP contribution in [0.4, 0.5) is 0 Å². The van der Waals surface area contributed by atoms with Gasteiger partial charge in [0.05, 0.1) is 0 Å². The molecule has 0 aromatic heterocycles. The first kappa shape index (κ1) is 127. The zero-order chi connectivity index (χ0) is 28.0. The van der Waals surface area contributed by atoms with E-state index in [-0.39, 0.29) is 0 Å². The van der Waals surface area contributed by atoms with Crippen molar-refractivity contribution in [3.05, 3.63) is 78.9 Å². The van der Waals surface area contributed by atoms with Crippen molar-refractivity contribution in [1.82, 2.24) is 0 Å². The molecule has 0 radical (unpaired) electrons. The van der Waals surface area contributed by atoms with Crippen molar-refractivity contribution in [3.63, 3.8) is 0 Å². The fraction of sp³-hybridized carbons (Fsp3) is 0. The normalized spacial score (nSPS) is 1.36. The summed E-state index contributed by atoms with van der Waals surface area (Å²) in [5.74, 6) is 0. The van der Waals surface area contributed by atoms with Crippen molar-refractivity contribution in [1.29, 1.82) is 63.1 Å². The molecule has 0 spiro atoms. The second-order valence-electron chi connectivity index (χ2n) is 0. The summed E-state index contributed by atoms with van der Waals surface area (Å²) in [6.07, 6.45) is 0. The Morgan fingerprint density at radius 2 is 0.214 bits per heavy atom. The fourth-order valence-corrected chi connectivity index (χ4v) is 0. The maximum atomic E-state index is 6.25. The summed E-state index contributed by atoms with van der Waals surface area (Å²) in [4.78, 5) is 0. The van der Waals surface area contributed by atoms with Crippen LogP contribution in [0.1, 0.15) is 0 Å². The molecule has 28 heavy (non-hydrogen) atoms. The minimum absolute atomic E-state index is 2.81. The van der Waals surface area contributed by atoms with Crippen LogP contribution in [0.25, 0.3) is 0 Å². The third kappa shape index (κ3) is 590. The first-order valence-corrected chi connectivity index (χ1v) is 6.31. The van der Waals surface area contributed by atoms with Gasteiger partial charge in [-0.05, 0) is 0 Å². The van der Waals surface area contributed by atoms with Gasteiger partial charge in [-0.3, -0.25) is 0 Å². The quantitative estimate of drug-likeness (QED) is 0.303. The Hall–Kier alpha value is -4.04. The molecule has 16 heteroatoms. The van der Waals surface area contributed by atoms with Gasteiger partial charge in [0.2, 0.25) is 0 Å². The molecule has 0 bridgehead atoms. The van der Waals surface area contributed by atoms with Gasteiger partial charge in [-0.1, -0.05) is 0 Å². The predicted molar refractivity (Wildman–Crippen MR) is 59.6 cm³/mol. The third-order valence-corrected chi connectivity index (χ3v) is 0. The molecule has 0 N–H and O–H groups in total. The standard InChI is InChI=1S/12CN.2Cu.2Fe/c12*1-2;;;;/q12*-1;;;;. The molecule has 0 atom stereocenters. The Balaban J connectivity index is -0.00000000628. The van der Waals surface area contributed by atoms with Crippen LogP contribution in [0.15, 0.2) is 0 Å². The van der Waals surface area contributed by atoms with E-state index in [0.717, 1.165) is 0 Å². The number of hydrogen-bond acceptors (Lipinski definition) is 12. The van der Waals surface area contributed by atoms with Crippen molar-refractivity contribution in [2.75, 3.05) is 0 Å². The average Bonchev–Trinajstić information content (AvgIpc) is 2.95. The Labute approximate surface area is 195 Å². The summed E-state index contributed by atoms with van der Waals surface area (Å²) >= 11 is 13.5. The van der Waals surface area contributed by atoms with Gasteiger partial charge < -0.3 is 142 Å². The van der Waals surface area contributed by atoms with Crippen molar-refractivity contribution in [3.8, 4) is 0 Å². The van der Waals surface area contributed by atoms with Crippen molar-refractivity contribution >= 4 is 0 Å². The zero-order valence-corrected chi connectivity index (χ0v) is 16.8. The summed E-state index contributed by atoms with van der Waals surface area (Å²) in [6, 6.07) is 0. The van der Waals surface area contributed by atoms with Gasteiger partial charge in [0.1, 0.15) is 0 Å². The van der Waals surface area contributed by atoms with Crippen LogP contribution in [0.2, 0.25) is 0 Å². The van der Waals surface area contributed by atoms with E-state index in [2.05, 4.69) is 54.6 Å². The van der Waals surface area contributed by atoms with E-state index in [1.54, 1.807) is 0 Å². The Kier molecular flexibility index (Phi) is 3080. The molecule has 158 valence electrons. The molecule has 12 nitrogen and oxygen atoms in total. The van der Waals surface area contributed by atoms with E-state index in [1.165, 1.54) is 0 Å². The van der Waals surface area contributed by atoms with Crippen molar-refractivity contribution in [2.24, 2.45) is 0 Å². The van der Waals surface area contributed by atoms with E-state index >= 15 is 0 Å². The summed E-state index contributed by atoms with van der Waals surface area (Å²) in [5.41, 5.74) is 0. The molecule has 0 aromatic carbocycles. The molecule has 0 saturated carbocycles. The molecule has 0 rings (SSSR count). The molecule has 0 unspecified atom stereocenters. The molecule has 0 aliphatic carbocycles. The first-order chi connectivity index (χ1) is 14.0. The zero-order valence-electron chi connectivity index (χ0n) is 12.7. The second-order valence-corrected chi connectivity index (χ2v) is 0. The van der Waals surface area contributed by atoms with Gasteiger partial charge in [0.25, 0.3) is 0 Å². The predicted octanol–water partition coefficient (Wildman–Crippen LogP) is 1.15. The van der Waals surface area contributed by atoms with Gasteiger partial charge in [-0.15, -0.1) is 0 Å². The molecule has 0 aromatic rings. The monoisotopic (exact) mass is 550 g/mol. The Bertz CT molecular complexity index is 255. The van der Waals surface area contributed by atoms with Crippen LogP contribution in [-0.2, 0) is 54.6 Å². The third-order valence-electron chi connectivity index (χ3n) is 0. The van der Waals surface area contributed by atoms with Gasteiger partial charge in [-0.25, -0.2) is 0 Å². The van der Waals surface area contributed by atoms with Crippen LogP contribution in [0.3, 0.4) is 0 Å². The SMILES string of the molecule is [C-]#N.[C-]#N.[C-]#N.[C-]#N.[C-]#N.[C-]#N.[C-]#N.[C-]#N.[C-]#N.[C-]#N.[C-]#N.[C-]#N.[Fe]=[Cu].[Fe]=[Cu]. The number of nitrogens with zero attached hydrogens (tertiary/aromatic N) is 12. The summed E-state index contributed by atoms with van der Waals surface area (Å²) in [5, 5.41) is 75.0. The van der Waals surface area contributed by atoms with Gasteiger partial charge in [0, 0.05) is 0 Å². The topological polar surface area (TPSA) is 285 Å². The van der Waals surface area contributed by atoms with E-state index in [9.17, 15) is 0 Å². The van der Waals surface area contributed by atoms with Gasteiger partial charge in [0.15, 0.2) is 0 Å². The first-order valence-electron chi connectivity index (χ1n) is 2.90. The second kappa shape index (κ2) is 677. The fourth-order valence-electron chi connectivity index (χ4n) is 0. The molecular weight excluding hydrogens is 551 g/mol. The van der Waals surface area contributed by atoms with E-state index < -0.39 is 0 Å². The van der Waals surface area contributed by atoms with E-state index in [1.807, 2.05) is 0 Å². The van der Waals surface area contributed by atoms with Crippen LogP contribution < -0.4 is 0 Å². The van der Waals surface area contributed by atoms with Crippen molar-refractivity contribution in [2.45, 2.75) is 0 Å². The molecule has 0 heterocycles. The molecule has 0 saturated heterocycles. The van der Waals surface area contributed by atoms with Crippen LogP contribution >= 0.6 is 0 Å². The molecule has 0 aliphatic rings. The Morgan fingerprint density at radius 3 is 0.214 bits per heavy atom. The van der Waals surface area contributed by atoms with Gasteiger partial charge >= 0.3 is 54.6 Å². The summed E-state index contributed by atoms with van der Waals surface area (Å²) in [7, 11) is 0. The van der Waals surface area contributed by atoms with Crippen LogP contribution in [0, 0.1) is 142 Å². The van der Waals surface area contributed by atoms with E-state index in [0.29, 0.717) is 0 Å². The average molecular weight is 551 g/mol. The molecule has 0 amide bonds. The molecule has 0 fully saturated rings. The number of rotatable bonds is 0. The van der Waals surface area contributed by atoms with Crippen LogP contribution in [-0.4, -0.2) is 0 Å². The molecule has 0 aliphatic heterocycles. The van der Waals surface area contributed by atoms with Crippen LogP contribution in [0.5, 0.6) is 0 Å². The Morgan fingerprint density at radius 1 is 0.214 bits per heavy atom. The van der Waals surface area contributed by atoms with E-state index in [4.69, 9.17) is 142 Å².